The zero-order valence-corrected chi connectivity index (χ0v) is 20.1. The molecule has 12 heteroatoms. The molecule has 0 rings (SSSR count). The van der Waals surface area contributed by atoms with E-state index in [4.69, 9.17) is 34.5 Å². The van der Waals surface area contributed by atoms with E-state index >= 15 is 0 Å². The third kappa shape index (κ3) is 6.46. The Morgan fingerprint density at radius 3 is 1.08 bits per heavy atom. The van der Waals surface area contributed by atoms with Crippen LogP contribution in [0.15, 0.2) is 36.8 Å². The second kappa shape index (κ2) is 10.2. The summed E-state index contributed by atoms with van der Waals surface area (Å²) < 4.78 is 45.5. The summed E-state index contributed by atoms with van der Waals surface area (Å²) in [6.07, 6.45) is 0. The van der Waals surface area contributed by atoms with E-state index < -0.39 is 35.0 Å². The van der Waals surface area contributed by atoms with Gasteiger partial charge < -0.3 is 34.5 Å². The lowest BCUT2D eigenvalue weighted by atomic mass is 11.3. The van der Waals surface area contributed by atoms with Gasteiger partial charge in [-0.05, 0) is 30.2 Å². The lowest BCUT2D eigenvalue weighted by Crippen LogP contribution is -2.62. The molecular formula is C13H30O8Si4. The predicted molar refractivity (Wildman–Crippen MR) is 104 cm³/mol. The highest BCUT2D eigenvalue weighted by Gasteiger charge is 2.54. The number of rotatable bonds is 14. The van der Waals surface area contributed by atoms with E-state index in [0.717, 1.165) is 0 Å². The van der Waals surface area contributed by atoms with Crippen LogP contribution in [0.2, 0.25) is 13.1 Å². The van der Waals surface area contributed by atoms with Gasteiger partial charge in [0.25, 0.3) is 0 Å². The molecule has 1 atom stereocenters. The molecule has 0 heterocycles. The van der Waals surface area contributed by atoms with Gasteiger partial charge in [0, 0.05) is 35.5 Å². The van der Waals surface area contributed by atoms with E-state index in [-0.39, 0.29) is 0 Å². The van der Waals surface area contributed by atoms with Gasteiger partial charge in [0.2, 0.25) is 0 Å². The van der Waals surface area contributed by atoms with Gasteiger partial charge in [-0.25, -0.2) is 0 Å². The first-order valence-electron chi connectivity index (χ1n) is 7.38. The summed E-state index contributed by atoms with van der Waals surface area (Å²) in [4.78, 5) is 0. The molecule has 146 valence electrons. The summed E-state index contributed by atoms with van der Waals surface area (Å²) >= 11 is 0. The van der Waals surface area contributed by atoms with Crippen LogP contribution in [-0.4, -0.2) is 70.5 Å². The van der Waals surface area contributed by atoms with Crippen molar-refractivity contribution in [1.29, 1.82) is 0 Å². The summed E-state index contributed by atoms with van der Waals surface area (Å²) in [6.45, 7) is 14.9. The fraction of sp³-hybridized carbons (Fsp3) is 0.538. The molecule has 8 nitrogen and oxygen atoms in total. The van der Waals surface area contributed by atoms with Crippen LogP contribution in [-0.2, 0) is 34.5 Å². The van der Waals surface area contributed by atoms with Crippen LogP contribution in [0.3, 0.4) is 0 Å². The molecule has 0 amide bonds. The Bertz CT molecular complexity index is 453. The highest BCUT2D eigenvalue weighted by molar-refractivity contribution is 6.88. The Balaban J connectivity index is 5.64. The Labute approximate surface area is 155 Å². The summed E-state index contributed by atoms with van der Waals surface area (Å²) in [5, 5.41) is 0. The molecule has 0 N–H and O–H groups in total. The van der Waals surface area contributed by atoms with Gasteiger partial charge in [-0.2, -0.15) is 0 Å². The van der Waals surface area contributed by atoms with E-state index in [0.29, 0.717) is 0 Å². The second-order valence-corrected chi connectivity index (χ2v) is 17.3. The van der Waals surface area contributed by atoms with Gasteiger partial charge in [-0.1, -0.05) is 19.7 Å². The summed E-state index contributed by atoms with van der Waals surface area (Å²) in [6, 6.07) is 0. The van der Waals surface area contributed by atoms with Crippen molar-refractivity contribution >= 4 is 35.0 Å². The molecule has 0 aromatic rings. The Morgan fingerprint density at radius 2 is 0.800 bits per heavy atom. The molecule has 0 radical (unpaired) electrons. The lowest BCUT2D eigenvalue weighted by molar-refractivity contribution is 0.109. The molecule has 0 spiro atoms. The third-order valence-electron chi connectivity index (χ3n) is 3.23. The van der Waals surface area contributed by atoms with Crippen LogP contribution in [0.4, 0.5) is 0 Å². The third-order valence-corrected chi connectivity index (χ3v) is 16.1. The van der Waals surface area contributed by atoms with Crippen molar-refractivity contribution in [2.75, 3.05) is 35.5 Å². The summed E-state index contributed by atoms with van der Waals surface area (Å²) in [5.41, 5.74) is 4.51. The minimum atomic E-state index is -3.40. The molecule has 0 aliphatic carbocycles. The molecular weight excluding hydrogens is 396 g/mol. The highest BCUT2D eigenvalue weighted by Crippen LogP contribution is 2.26. The van der Waals surface area contributed by atoms with Gasteiger partial charge in [-0.3, -0.25) is 0 Å². The van der Waals surface area contributed by atoms with Crippen molar-refractivity contribution in [1.82, 2.24) is 0 Å². The van der Waals surface area contributed by atoms with Crippen LogP contribution in [0, 0.1) is 0 Å². The standard InChI is InChI=1S/C13H30O8Si4/c1-11-23(14-4,15-5)19-22(9,10)20-25(13-3,18-8)21-24(12-2,16-6)17-7/h11-13H,1-3H2,4-10H3. The van der Waals surface area contributed by atoms with Crippen molar-refractivity contribution in [3.05, 3.63) is 36.8 Å². The van der Waals surface area contributed by atoms with E-state index in [1.54, 1.807) is 0 Å². The van der Waals surface area contributed by atoms with Gasteiger partial charge in [-0.15, -0.1) is 0 Å². The summed E-state index contributed by atoms with van der Waals surface area (Å²) in [7, 11) is -5.08. The normalized spacial score (nSPS) is 15.5. The average molecular weight is 427 g/mol. The average Bonchev–Trinajstić information content (AvgIpc) is 2.63. The molecule has 25 heavy (non-hydrogen) atoms. The minimum Gasteiger partial charge on any atom is -0.391 e. The van der Waals surface area contributed by atoms with Gasteiger partial charge in [0.1, 0.15) is 0 Å². The monoisotopic (exact) mass is 426 g/mol. The van der Waals surface area contributed by atoms with E-state index in [2.05, 4.69) is 19.7 Å². The summed E-state index contributed by atoms with van der Waals surface area (Å²) in [5.74, 6) is 0. The van der Waals surface area contributed by atoms with E-state index in [1.165, 1.54) is 52.6 Å². The zero-order valence-electron chi connectivity index (χ0n) is 16.1. The van der Waals surface area contributed by atoms with Gasteiger partial charge >= 0.3 is 35.0 Å². The molecule has 1 unspecified atom stereocenters. The van der Waals surface area contributed by atoms with Crippen molar-refractivity contribution in [2.45, 2.75) is 13.1 Å². The second-order valence-electron chi connectivity index (χ2n) is 5.15. The molecule has 0 saturated carbocycles. The molecule has 0 saturated heterocycles. The maximum Gasteiger partial charge on any atom is 0.521 e. The first-order chi connectivity index (χ1) is 11.6. The maximum absolute atomic E-state index is 6.19. The molecule has 0 fully saturated rings. The fourth-order valence-corrected chi connectivity index (χ4v) is 14.6. The Kier molecular flexibility index (Phi) is 10.1. The number of hydrogen-bond donors (Lipinski definition) is 0. The van der Waals surface area contributed by atoms with Crippen molar-refractivity contribution < 1.29 is 34.5 Å². The molecule has 0 aliphatic rings. The van der Waals surface area contributed by atoms with Crippen LogP contribution in [0.25, 0.3) is 0 Å². The van der Waals surface area contributed by atoms with Gasteiger partial charge in [0.15, 0.2) is 0 Å². The Morgan fingerprint density at radius 1 is 0.520 bits per heavy atom. The maximum atomic E-state index is 6.19. The van der Waals surface area contributed by atoms with Crippen LogP contribution in [0.1, 0.15) is 0 Å². The fourth-order valence-electron chi connectivity index (χ4n) is 1.93. The molecule has 0 aromatic heterocycles. The zero-order chi connectivity index (χ0) is 19.8. The SMILES string of the molecule is C=C[Si](OC)(OC)O[Si](C)(C)O[Si](C=C)(OC)O[Si](C=C)(OC)OC. The predicted octanol–water partition coefficient (Wildman–Crippen LogP) is 1.96. The van der Waals surface area contributed by atoms with Crippen LogP contribution in [0.5, 0.6) is 0 Å². The minimum absolute atomic E-state index is 1.47. The van der Waals surface area contributed by atoms with Crippen LogP contribution >= 0.6 is 0 Å². The number of hydrogen-bond acceptors (Lipinski definition) is 8. The van der Waals surface area contributed by atoms with Crippen molar-refractivity contribution in [3.8, 4) is 0 Å². The Hall–Kier alpha value is -0.232. The molecule has 0 bridgehead atoms. The van der Waals surface area contributed by atoms with Gasteiger partial charge in [0.05, 0.1) is 0 Å². The van der Waals surface area contributed by atoms with E-state index in [1.807, 2.05) is 13.1 Å². The van der Waals surface area contributed by atoms with Crippen molar-refractivity contribution in [2.24, 2.45) is 0 Å². The molecule has 0 aromatic carbocycles. The quantitative estimate of drug-likeness (QED) is 0.390. The molecule has 0 aliphatic heterocycles. The lowest BCUT2D eigenvalue weighted by Gasteiger charge is -2.39. The van der Waals surface area contributed by atoms with Crippen LogP contribution < -0.4 is 0 Å². The van der Waals surface area contributed by atoms with E-state index in [9.17, 15) is 0 Å². The largest absolute Gasteiger partial charge is 0.521 e. The first-order valence-corrected chi connectivity index (χ1v) is 15.6. The highest BCUT2D eigenvalue weighted by atomic mass is 28.5. The smallest absolute Gasteiger partial charge is 0.391 e. The first kappa shape index (κ1) is 24.8. The van der Waals surface area contributed by atoms with Crippen molar-refractivity contribution in [3.63, 3.8) is 0 Å². The topological polar surface area (TPSA) is 73.8 Å².